The number of nitrogens with zero attached hydrogens (tertiary/aromatic N) is 4. The smallest absolute Gasteiger partial charge is 0.321 e. The largest absolute Gasteiger partial charge is 0.339 e. The number of pyridine rings is 1. The molecule has 27 heavy (non-hydrogen) atoms. The number of piperidine rings is 1. The van der Waals surface area contributed by atoms with Gasteiger partial charge in [-0.15, -0.1) is 0 Å². The molecule has 0 radical (unpaired) electrons. The highest BCUT2D eigenvalue weighted by atomic mass is 127. The summed E-state index contributed by atoms with van der Waals surface area (Å²) in [7, 11) is 0. The molecule has 0 aliphatic carbocycles. The Balaban J connectivity index is 1.36. The van der Waals surface area contributed by atoms with E-state index in [4.69, 9.17) is 4.52 Å². The van der Waals surface area contributed by atoms with Crippen LogP contribution in [0, 0.1) is 3.57 Å². The fraction of sp³-hybridized carbons (Fsp3) is 0.263. The lowest BCUT2D eigenvalue weighted by Gasteiger charge is -2.30. The number of hydrogen-bond acceptors (Lipinski definition) is 5. The van der Waals surface area contributed by atoms with Crippen molar-refractivity contribution in [1.29, 1.82) is 0 Å². The van der Waals surface area contributed by atoms with E-state index in [1.165, 1.54) is 0 Å². The number of carbonyl (C=O) groups excluding carboxylic acids is 1. The number of rotatable bonds is 3. The SMILES string of the molecule is O=C(Nc1ccccc1I)N1CCC(c2nc(-c3ccccn3)no2)CC1. The number of halogens is 1. The summed E-state index contributed by atoms with van der Waals surface area (Å²) in [6.07, 6.45) is 3.29. The molecule has 1 aliphatic rings. The summed E-state index contributed by atoms with van der Waals surface area (Å²) >= 11 is 2.22. The predicted octanol–water partition coefficient (Wildman–Crippen LogP) is 4.15. The Hall–Kier alpha value is -2.49. The zero-order valence-corrected chi connectivity index (χ0v) is 16.7. The fourth-order valence-electron chi connectivity index (χ4n) is 3.09. The molecule has 8 heteroatoms. The van der Waals surface area contributed by atoms with E-state index in [0.29, 0.717) is 30.5 Å². The summed E-state index contributed by atoms with van der Waals surface area (Å²) in [5, 5.41) is 7.02. The summed E-state index contributed by atoms with van der Waals surface area (Å²) in [6.45, 7) is 1.31. The first-order valence-corrected chi connectivity index (χ1v) is 9.84. The summed E-state index contributed by atoms with van der Waals surface area (Å²) in [5.74, 6) is 1.29. The minimum Gasteiger partial charge on any atom is -0.339 e. The number of aromatic nitrogens is 3. The van der Waals surface area contributed by atoms with Gasteiger partial charge in [0.2, 0.25) is 11.7 Å². The number of urea groups is 1. The Morgan fingerprint density at radius 1 is 1.15 bits per heavy atom. The fourth-order valence-corrected chi connectivity index (χ4v) is 3.61. The third-order valence-electron chi connectivity index (χ3n) is 4.58. The van der Waals surface area contributed by atoms with Gasteiger partial charge in [-0.2, -0.15) is 4.98 Å². The Morgan fingerprint density at radius 3 is 2.67 bits per heavy atom. The molecule has 2 aromatic heterocycles. The van der Waals surface area contributed by atoms with Crippen molar-refractivity contribution in [3.05, 3.63) is 58.1 Å². The molecule has 1 aromatic carbocycles. The molecule has 0 saturated carbocycles. The van der Waals surface area contributed by atoms with Crippen LogP contribution in [0.4, 0.5) is 10.5 Å². The van der Waals surface area contributed by atoms with E-state index in [1.54, 1.807) is 6.20 Å². The zero-order valence-electron chi connectivity index (χ0n) is 14.5. The van der Waals surface area contributed by atoms with Crippen molar-refractivity contribution in [2.24, 2.45) is 0 Å². The van der Waals surface area contributed by atoms with E-state index in [2.05, 4.69) is 43.0 Å². The molecule has 2 amide bonds. The molecule has 1 aliphatic heterocycles. The third kappa shape index (κ3) is 4.10. The molecule has 0 spiro atoms. The molecular formula is C19H18IN5O2. The highest BCUT2D eigenvalue weighted by molar-refractivity contribution is 14.1. The summed E-state index contributed by atoms with van der Waals surface area (Å²) in [5.41, 5.74) is 1.53. The van der Waals surface area contributed by atoms with Gasteiger partial charge in [0, 0.05) is 28.8 Å². The van der Waals surface area contributed by atoms with Crippen molar-refractivity contribution in [2.75, 3.05) is 18.4 Å². The predicted molar refractivity (Wildman–Crippen MR) is 109 cm³/mol. The number of amides is 2. The van der Waals surface area contributed by atoms with E-state index >= 15 is 0 Å². The molecule has 3 heterocycles. The van der Waals surface area contributed by atoms with Crippen molar-refractivity contribution in [2.45, 2.75) is 18.8 Å². The van der Waals surface area contributed by atoms with Crippen molar-refractivity contribution >= 4 is 34.3 Å². The van der Waals surface area contributed by atoms with Gasteiger partial charge in [-0.05, 0) is 59.7 Å². The van der Waals surface area contributed by atoms with Gasteiger partial charge in [-0.25, -0.2) is 4.79 Å². The quantitative estimate of drug-likeness (QED) is 0.576. The molecule has 0 unspecified atom stereocenters. The molecule has 138 valence electrons. The summed E-state index contributed by atoms with van der Waals surface area (Å²) in [6, 6.07) is 13.3. The van der Waals surface area contributed by atoms with Crippen LogP contribution >= 0.6 is 22.6 Å². The molecule has 1 N–H and O–H groups in total. The van der Waals surface area contributed by atoms with Gasteiger partial charge in [0.15, 0.2) is 0 Å². The first-order valence-electron chi connectivity index (χ1n) is 8.76. The molecule has 0 bridgehead atoms. The van der Waals surface area contributed by atoms with Crippen LogP contribution in [-0.4, -0.2) is 39.1 Å². The molecule has 1 saturated heterocycles. The molecule has 4 rings (SSSR count). The third-order valence-corrected chi connectivity index (χ3v) is 5.52. The number of likely N-dealkylation sites (tertiary alicyclic amines) is 1. The van der Waals surface area contributed by atoms with Crippen molar-refractivity contribution < 1.29 is 9.32 Å². The zero-order chi connectivity index (χ0) is 18.6. The lowest BCUT2D eigenvalue weighted by molar-refractivity contribution is 0.187. The second-order valence-electron chi connectivity index (χ2n) is 6.34. The second kappa shape index (κ2) is 8.03. The Labute approximate surface area is 170 Å². The van der Waals surface area contributed by atoms with Gasteiger partial charge >= 0.3 is 6.03 Å². The molecule has 0 atom stereocenters. The Morgan fingerprint density at radius 2 is 1.93 bits per heavy atom. The van der Waals surface area contributed by atoms with Gasteiger partial charge in [0.25, 0.3) is 0 Å². The number of para-hydroxylation sites is 1. The van der Waals surface area contributed by atoms with Crippen LogP contribution in [-0.2, 0) is 0 Å². The van der Waals surface area contributed by atoms with Crippen LogP contribution in [0.15, 0.2) is 53.2 Å². The number of hydrogen-bond donors (Lipinski definition) is 1. The normalized spacial score (nSPS) is 14.9. The highest BCUT2D eigenvalue weighted by Crippen LogP contribution is 2.28. The lowest BCUT2D eigenvalue weighted by atomic mass is 9.97. The van der Waals surface area contributed by atoms with Crippen LogP contribution < -0.4 is 5.32 Å². The number of carbonyl (C=O) groups is 1. The van der Waals surface area contributed by atoms with Crippen LogP contribution in [0.1, 0.15) is 24.7 Å². The standard InChI is InChI=1S/C19H18IN5O2/c20-14-5-1-2-6-15(14)22-19(26)25-11-8-13(9-12-25)18-23-17(24-27-18)16-7-3-4-10-21-16/h1-7,10,13H,8-9,11-12H2,(H,22,26). The van der Waals surface area contributed by atoms with E-state index in [9.17, 15) is 4.79 Å². The van der Waals surface area contributed by atoms with Gasteiger partial charge in [0.05, 0.1) is 5.69 Å². The number of nitrogens with one attached hydrogen (secondary N) is 1. The maximum Gasteiger partial charge on any atom is 0.321 e. The minimum absolute atomic E-state index is 0.0720. The van der Waals surface area contributed by atoms with E-state index < -0.39 is 0 Å². The highest BCUT2D eigenvalue weighted by Gasteiger charge is 2.28. The Bertz CT molecular complexity index is 923. The lowest BCUT2D eigenvalue weighted by Crippen LogP contribution is -2.40. The maximum atomic E-state index is 12.5. The first kappa shape index (κ1) is 17.9. The average Bonchev–Trinajstić information content (AvgIpc) is 3.21. The van der Waals surface area contributed by atoms with Crippen molar-refractivity contribution in [3.63, 3.8) is 0 Å². The van der Waals surface area contributed by atoms with Crippen LogP contribution in [0.2, 0.25) is 0 Å². The van der Waals surface area contributed by atoms with Gasteiger partial charge in [0.1, 0.15) is 5.69 Å². The van der Waals surface area contributed by atoms with Crippen LogP contribution in [0.3, 0.4) is 0 Å². The van der Waals surface area contributed by atoms with Gasteiger partial charge < -0.3 is 14.7 Å². The number of benzene rings is 1. The minimum atomic E-state index is -0.0720. The molecule has 1 fully saturated rings. The molecule has 3 aromatic rings. The van der Waals surface area contributed by atoms with Crippen molar-refractivity contribution in [1.82, 2.24) is 20.0 Å². The Kier molecular flexibility index (Phi) is 5.33. The molecular weight excluding hydrogens is 457 g/mol. The second-order valence-corrected chi connectivity index (χ2v) is 7.50. The topological polar surface area (TPSA) is 84.2 Å². The molecule has 7 nitrogen and oxygen atoms in total. The monoisotopic (exact) mass is 475 g/mol. The average molecular weight is 475 g/mol. The van der Waals surface area contributed by atoms with Crippen molar-refractivity contribution in [3.8, 4) is 11.5 Å². The van der Waals surface area contributed by atoms with Crippen LogP contribution in [0.5, 0.6) is 0 Å². The summed E-state index contributed by atoms with van der Waals surface area (Å²) in [4.78, 5) is 23.1. The number of anilines is 1. The van der Waals surface area contributed by atoms with E-state index in [-0.39, 0.29) is 11.9 Å². The maximum absolute atomic E-state index is 12.5. The van der Waals surface area contributed by atoms with Gasteiger partial charge in [-0.3, -0.25) is 4.98 Å². The van der Waals surface area contributed by atoms with Gasteiger partial charge in [-0.1, -0.05) is 23.4 Å². The van der Waals surface area contributed by atoms with E-state index in [0.717, 1.165) is 22.1 Å². The van der Waals surface area contributed by atoms with Crippen LogP contribution in [0.25, 0.3) is 11.5 Å². The van der Waals surface area contributed by atoms with E-state index in [1.807, 2.05) is 47.4 Å². The first-order chi connectivity index (χ1) is 13.2. The summed E-state index contributed by atoms with van der Waals surface area (Å²) < 4.78 is 6.46.